The highest BCUT2D eigenvalue weighted by Gasteiger charge is 2.47. The van der Waals surface area contributed by atoms with Crippen LogP contribution in [-0.4, -0.2) is 34.1 Å². The van der Waals surface area contributed by atoms with Crippen molar-refractivity contribution >= 4 is 40.4 Å². The molecule has 4 rings (SSSR count). The molecule has 0 spiro atoms. The van der Waals surface area contributed by atoms with Gasteiger partial charge in [-0.1, -0.05) is 25.0 Å². The van der Waals surface area contributed by atoms with Crippen LogP contribution < -0.4 is 0 Å². The normalized spacial score (nSPS) is 21.8. The Kier molecular flexibility index (Phi) is 5.92. The lowest BCUT2D eigenvalue weighted by Gasteiger charge is -2.23. The second kappa shape index (κ2) is 8.57. The molecular weight excluding hydrogens is 392 g/mol. The summed E-state index contributed by atoms with van der Waals surface area (Å²) in [6, 6.07) is 8.02. The van der Waals surface area contributed by atoms with Crippen molar-refractivity contribution < 1.29 is 14.4 Å². The van der Waals surface area contributed by atoms with Crippen LogP contribution in [0.1, 0.15) is 41.9 Å². The van der Waals surface area contributed by atoms with Crippen LogP contribution in [0.2, 0.25) is 0 Å². The summed E-state index contributed by atoms with van der Waals surface area (Å²) in [5.41, 5.74) is 0. The summed E-state index contributed by atoms with van der Waals surface area (Å²) in [6.45, 7) is 1.32. The number of carbonyl (C=O) groups excluding carboxylic acids is 3. The Bertz CT molecular complexity index is 772. The van der Waals surface area contributed by atoms with E-state index >= 15 is 0 Å². The predicted octanol–water partition coefficient (Wildman–Crippen LogP) is 3.90. The number of imide groups is 1. The van der Waals surface area contributed by atoms with E-state index in [1.807, 2.05) is 39.9 Å². The number of rotatable bonds is 7. The van der Waals surface area contributed by atoms with E-state index in [0.717, 1.165) is 35.4 Å². The Morgan fingerprint density at radius 3 is 1.96 bits per heavy atom. The molecule has 2 aromatic heterocycles. The number of nitrogens with zero attached hydrogens (tertiary/aromatic N) is 2. The lowest BCUT2D eigenvalue weighted by molar-refractivity contribution is -0.141. The maximum Gasteiger partial charge on any atom is 0.233 e. The number of carbonyl (C=O) groups is 3. The number of likely N-dealkylation sites (tertiary alicyclic amines) is 1. The zero-order chi connectivity index (χ0) is 19.5. The summed E-state index contributed by atoms with van der Waals surface area (Å²) in [4.78, 5) is 43.7. The molecule has 0 radical (unpaired) electrons. The molecule has 1 aliphatic heterocycles. The second-order valence-electron chi connectivity index (χ2n) is 7.48. The Hall–Kier alpha value is -1.99. The van der Waals surface area contributed by atoms with Crippen LogP contribution in [0.3, 0.4) is 0 Å². The van der Waals surface area contributed by atoms with Gasteiger partial charge >= 0.3 is 0 Å². The lowest BCUT2D eigenvalue weighted by Crippen LogP contribution is -2.36. The summed E-state index contributed by atoms with van der Waals surface area (Å²) in [5, 5.41) is 4.01. The molecule has 1 saturated heterocycles. The van der Waals surface area contributed by atoms with Gasteiger partial charge < -0.3 is 4.90 Å². The maximum absolute atomic E-state index is 13.0. The van der Waals surface area contributed by atoms with Crippen molar-refractivity contribution in [3.8, 4) is 0 Å². The van der Waals surface area contributed by atoms with E-state index in [9.17, 15) is 14.4 Å². The van der Waals surface area contributed by atoms with Crippen LogP contribution in [0.15, 0.2) is 35.0 Å². The molecule has 7 heteroatoms. The lowest BCUT2D eigenvalue weighted by atomic mass is 9.81. The molecule has 2 aromatic rings. The van der Waals surface area contributed by atoms with E-state index in [4.69, 9.17) is 0 Å². The molecule has 0 aromatic carbocycles. The van der Waals surface area contributed by atoms with Gasteiger partial charge in [0.25, 0.3) is 0 Å². The van der Waals surface area contributed by atoms with Crippen LogP contribution in [0.4, 0.5) is 0 Å². The molecule has 3 heterocycles. The van der Waals surface area contributed by atoms with E-state index in [0.29, 0.717) is 13.1 Å². The number of fused-ring (bicyclic) bond motifs is 1. The van der Waals surface area contributed by atoms with Gasteiger partial charge in [0.05, 0.1) is 24.9 Å². The van der Waals surface area contributed by atoms with Crippen LogP contribution in [-0.2, 0) is 27.5 Å². The first-order valence-electron chi connectivity index (χ1n) is 9.81. The zero-order valence-electron chi connectivity index (χ0n) is 15.7. The van der Waals surface area contributed by atoms with Gasteiger partial charge in [-0.2, -0.15) is 0 Å². The average Bonchev–Trinajstić information content (AvgIpc) is 3.44. The predicted molar refractivity (Wildman–Crippen MR) is 110 cm³/mol. The molecule has 28 heavy (non-hydrogen) atoms. The van der Waals surface area contributed by atoms with Crippen LogP contribution in [0.25, 0.3) is 0 Å². The van der Waals surface area contributed by atoms with Crippen LogP contribution in [0.5, 0.6) is 0 Å². The third kappa shape index (κ3) is 4.05. The third-order valence-electron chi connectivity index (χ3n) is 5.69. The van der Waals surface area contributed by atoms with Gasteiger partial charge in [-0.3, -0.25) is 19.3 Å². The molecule has 5 nitrogen and oxygen atoms in total. The largest absolute Gasteiger partial charge is 0.332 e. The third-order valence-corrected chi connectivity index (χ3v) is 7.41. The van der Waals surface area contributed by atoms with Gasteiger partial charge in [-0.25, -0.2) is 0 Å². The van der Waals surface area contributed by atoms with Gasteiger partial charge in [0.2, 0.25) is 17.7 Å². The molecule has 2 fully saturated rings. The van der Waals surface area contributed by atoms with Crippen molar-refractivity contribution in [3.05, 3.63) is 44.8 Å². The number of hydrogen-bond acceptors (Lipinski definition) is 5. The molecule has 2 aliphatic rings. The zero-order valence-corrected chi connectivity index (χ0v) is 17.3. The monoisotopic (exact) mass is 416 g/mol. The first-order valence-corrected chi connectivity index (χ1v) is 11.6. The Balaban J connectivity index is 1.41. The van der Waals surface area contributed by atoms with Crippen LogP contribution >= 0.6 is 22.7 Å². The number of amides is 3. The average molecular weight is 417 g/mol. The van der Waals surface area contributed by atoms with Crippen molar-refractivity contribution in [2.45, 2.75) is 45.2 Å². The first kappa shape index (κ1) is 19.3. The minimum Gasteiger partial charge on any atom is -0.332 e. The Labute approximate surface area is 173 Å². The molecule has 1 saturated carbocycles. The van der Waals surface area contributed by atoms with Crippen LogP contribution in [0, 0.1) is 11.8 Å². The molecule has 3 amide bonds. The van der Waals surface area contributed by atoms with Crippen molar-refractivity contribution in [3.63, 3.8) is 0 Å². The number of hydrogen-bond donors (Lipinski definition) is 0. The quantitative estimate of drug-likeness (QED) is 0.643. The highest BCUT2D eigenvalue weighted by Crippen LogP contribution is 2.38. The van der Waals surface area contributed by atoms with Gasteiger partial charge in [-0.15, -0.1) is 22.7 Å². The maximum atomic E-state index is 13.0. The highest BCUT2D eigenvalue weighted by molar-refractivity contribution is 7.10. The number of thiophene rings is 2. The van der Waals surface area contributed by atoms with Gasteiger partial charge in [0.15, 0.2) is 0 Å². The summed E-state index contributed by atoms with van der Waals surface area (Å²) < 4.78 is 0. The van der Waals surface area contributed by atoms with E-state index in [-0.39, 0.29) is 42.5 Å². The Morgan fingerprint density at radius 1 is 0.964 bits per heavy atom. The fraction of sp³-hybridized carbons (Fsp3) is 0.476. The van der Waals surface area contributed by atoms with Crippen molar-refractivity contribution in [1.82, 2.24) is 9.80 Å². The van der Waals surface area contributed by atoms with Gasteiger partial charge in [0.1, 0.15) is 0 Å². The van der Waals surface area contributed by atoms with Gasteiger partial charge in [-0.05, 0) is 35.7 Å². The van der Waals surface area contributed by atoms with Crippen molar-refractivity contribution in [2.24, 2.45) is 11.8 Å². The van der Waals surface area contributed by atoms with Crippen molar-refractivity contribution in [2.75, 3.05) is 6.54 Å². The smallest absolute Gasteiger partial charge is 0.233 e. The first-order chi connectivity index (χ1) is 13.6. The SMILES string of the molecule is O=C(CCN1C(=O)[C@H]2CCCC[C@H]2C1=O)N(Cc1cccs1)Cc1cccs1. The summed E-state index contributed by atoms with van der Waals surface area (Å²) in [5.74, 6) is -0.442. The van der Waals surface area contributed by atoms with E-state index in [1.165, 1.54) is 4.90 Å². The van der Waals surface area contributed by atoms with E-state index in [1.54, 1.807) is 22.7 Å². The van der Waals surface area contributed by atoms with Gasteiger partial charge in [0, 0.05) is 22.7 Å². The minimum absolute atomic E-state index is 0.0164. The molecule has 0 N–H and O–H groups in total. The molecular formula is C21H24N2O3S2. The minimum atomic E-state index is -0.148. The Morgan fingerprint density at radius 2 is 1.50 bits per heavy atom. The van der Waals surface area contributed by atoms with Crippen molar-refractivity contribution in [1.29, 1.82) is 0 Å². The molecule has 2 atom stereocenters. The summed E-state index contributed by atoms with van der Waals surface area (Å²) in [6.07, 6.45) is 3.84. The van der Waals surface area contributed by atoms with E-state index in [2.05, 4.69) is 0 Å². The topological polar surface area (TPSA) is 57.7 Å². The molecule has 1 aliphatic carbocycles. The fourth-order valence-electron chi connectivity index (χ4n) is 4.23. The molecule has 148 valence electrons. The summed E-state index contributed by atoms with van der Waals surface area (Å²) >= 11 is 3.26. The summed E-state index contributed by atoms with van der Waals surface area (Å²) in [7, 11) is 0. The molecule has 0 bridgehead atoms. The highest BCUT2D eigenvalue weighted by atomic mass is 32.1. The molecule has 0 unspecified atom stereocenters. The standard InChI is InChI=1S/C21H24N2O3S2/c24-19(9-10-23-20(25)17-7-1-2-8-18(17)21(23)26)22(13-15-5-3-11-27-15)14-16-6-4-12-28-16/h3-6,11-12,17-18H,1-2,7-10,13-14H2/t17-,18+. The second-order valence-corrected chi connectivity index (χ2v) is 9.55. The van der Waals surface area contributed by atoms with E-state index < -0.39 is 0 Å². The fourth-order valence-corrected chi connectivity index (χ4v) is 5.67.